The van der Waals surface area contributed by atoms with E-state index in [0.717, 1.165) is 6.42 Å². The maximum Gasteiger partial charge on any atom is 0.0847 e. The van der Waals surface area contributed by atoms with E-state index in [1.807, 2.05) is 13.0 Å². The van der Waals surface area contributed by atoms with Crippen LogP contribution in [0.2, 0.25) is 19.6 Å². The summed E-state index contributed by atoms with van der Waals surface area (Å²) < 4.78 is 0. The Hall–Kier alpha value is -0.593. The second-order valence-corrected chi connectivity index (χ2v) is 8.73. The second kappa shape index (κ2) is 4.32. The van der Waals surface area contributed by atoms with Crippen LogP contribution < -0.4 is 0 Å². The highest BCUT2D eigenvalue weighted by molar-refractivity contribution is 6.84. The highest BCUT2D eigenvalue weighted by Gasteiger charge is 2.18. The lowest BCUT2D eigenvalue weighted by molar-refractivity contribution is 1.32. The first-order valence-electron chi connectivity index (χ1n) is 3.92. The standard InChI is InChI=1S/C9H17NSi/c1-5-6-7-9(8-10)11(2,3)4/h5-6,10H,7H2,1-4H3/b6-5+. The largest absolute Gasteiger partial charge is 0.259 e. The lowest BCUT2D eigenvalue weighted by Crippen LogP contribution is -2.24. The SMILES string of the molecule is C/C=C/CC(=C=N)[Si](C)(C)C. The molecule has 0 saturated carbocycles. The van der Waals surface area contributed by atoms with Gasteiger partial charge in [-0.2, -0.15) is 0 Å². The Morgan fingerprint density at radius 1 is 1.45 bits per heavy atom. The average molecular weight is 167 g/mol. The first kappa shape index (κ1) is 10.4. The molecule has 62 valence electrons. The first-order chi connectivity index (χ1) is 5.02. The van der Waals surface area contributed by atoms with Gasteiger partial charge >= 0.3 is 0 Å². The smallest absolute Gasteiger partial charge is 0.0847 e. The molecule has 0 aliphatic heterocycles. The predicted molar refractivity (Wildman–Crippen MR) is 54.0 cm³/mol. The number of nitrogens with one attached hydrogen (secondary N) is 1. The van der Waals surface area contributed by atoms with Crippen molar-refractivity contribution < 1.29 is 0 Å². The summed E-state index contributed by atoms with van der Waals surface area (Å²) in [6, 6.07) is 0. The summed E-state index contributed by atoms with van der Waals surface area (Å²) in [6.45, 7) is 8.74. The molecule has 0 unspecified atom stereocenters. The molecule has 0 fully saturated rings. The molecule has 0 aromatic carbocycles. The van der Waals surface area contributed by atoms with E-state index in [1.165, 1.54) is 5.20 Å². The van der Waals surface area contributed by atoms with Gasteiger partial charge in [0.05, 0.1) is 8.07 Å². The molecule has 11 heavy (non-hydrogen) atoms. The van der Waals surface area contributed by atoms with E-state index in [1.54, 1.807) is 0 Å². The molecule has 0 bridgehead atoms. The van der Waals surface area contributed by atoms with Crippen molar-refractivity contribution in [3.63, 3.8) is 0 Å². The van der Waals surface area contributed by atoms with Gasteiger partial charge in [0, 0.05) is 0 Å². The average Bonchev–Trinajstić information content (AvgIpc) is 1.87. The monoisotopic (exact) mass is 167 g/mol. The predicted octanol–water partition coefficient (Wildman–Crippen LogP) is 3.00. The van der Waals surface area contributed by atoms with E-state index in [9.17, 15) is 0 Å². The van der Waals surface area contributed by atoms with Crippen LogP contribution in [0.15, 0.2) is 17.3 Å². The van der Waals surface area contributed by atoms with Crippen LogP contribution in [0.5, 0.6) is 0 Å². The molecule has 0 amide bonds. The van der Waals surface area contributed by atoms with Crippen molar-refractivity contribution in [2.24, 2.45) is 0 Å². The quantitative estimate of drug-likeness (QED) is 0.379. The summed E-state index contributed by atoms with van der Waals surface area (Å²) in [5, 5.41) is 8.30. The molecule has 2 heteroatoms. The Kier molecular flexibility index (Phi) is 4.09. The van der Waals surface area contributed by atoms with Gasteiger partial charge in [0.15, 0.2) is 0 Å². The van der Waals surface area contributed by atoms with Gasteiger partial charge in [-0.05, 0) is 24.4 Å². The van der Waals surface area contributed by atoms with E-state index in [-0.39, 0.29) is 0 Å². The zero-order valence-electron chi connectivity index (χ0n) is 7.86. The van der Waals surface area contributed by atoms with Crippen LogP contribution >= 0.6 is 0 Å². The van der Waals surface area contributed by atoms with E-state index in [0.29, 0.717) is 0 Å². The van der Waals surface area contributed by atoms with Crippen molar-refractivity contribution in [1.29, 1.82) is 5.41 Å². The van der Waals surface area contributed by atoms with E-state index in [4.69, 9.17) is 5.41 Å². The normalized spacial score (nSPS) is 11.6. The molecule has 0 saturated heterocycles. The molecule has 0 aliphatic carbocycles. The Morgan fingerprint density at radius 2 is 2.00 bits per heavy atom. The van der Waals surface area contributed by atoms with Crippen molar-refractivity contribution in [1.82, 2.24) is 0 Å². The minimum Gasteiger partial charge on any atom is -0.259 e. The summed E-state index contributed by atoms with van der Waals surface area (Å²) in [5.74, 6) is 2.55. The molecule has 0 aliphatic rings. The maximum atomic E-state index is 7.11. The minimum absolute atomic E-state index is 0.912. The van der Waals surface area contributed by atoms with Crippen LogP contribution in [0.25, 0.3) is 0 Å². The summed E-state index contributed by atoms with van der Waals surface area (Å²) in [7, 11) is -1.26. The molecule has 1 N–H and O–H groups in total. The Labute approximate surface area is 70.3 Å². The fourth-order valence-electron chi connectivity index (χ4n) is 0.780. The number of hydrogen-bond donors (Lipinski definition) is 1. The first-order valence-corrected chi connectivity index (χ1v) is 7.42. The van der Waals surface area contributed by atoms with Gasteiger partial charge < -0.3 is 0 Å². The summed E-state index contributed by atoms with van der Waals surface area (Å²) in [4.78, 5) is 0. The van der Waals surface area contributed by atoms with Crippen molar-refractivity contribution in [3.05, 3.63) is 17.3 Å². The molecule has 0 spiro atoms. The molecular weight excluding hydrogens is 150 g/mol. The molecule has 0 radical (unpaired) electrons. The van der Waals surface area contributed by atoms with Crippen LogP contribution in [0.3, 0.4) is 0 Å². The van der Waals surface area contributed by atoms with Gasteiger partial charge in [-0.25, -0.2) is 0 Å². The van der Waals surface area contributed by atoms with E-state index in [2.05, 4.69) is 31.6 Å². The summed E-state index contributed by atoms with van der Waals surface area (Å²) in [5.41, 5.74) is 0. The fourth-order valence-corrected chi connectivity index (χ4v) is 1.89. The molecule has 0 aromatic heterocycles. The van der Waals surface area contributed by atoms with Crippen molar-refractivity contribution in [2.75, 3.05) is 0 Å². The third-order valence-electron chi connectivity index (χ3n) is 1.61. The Morgan fingerprint density at radius 3 is 2.27 bits per heavy atom. The second-order valence-electron chi connectivity index (χ2n) is 3.63. The third kappa shape index (κ3) is 3.97. The van der Waals surface area contributed by atoms with Gasteiger partial charge in [0.2, 0.25) is 0 Å². The number of rotatable bonds is 3. The molecule has 0 atom stereocenters. The van der Waals surface area contributed by atoms with Crippen LogP contribution in [0.1, 0.15) is 13.3 Å². The summed E-state index contributed by atoms with van der Waals surface area (Å²) in [6.07, 6.45) is 5.03. The number of allylic oxidation sites excluding steroid dienone is 3. The van der Waals surface area contributed by atoms with Gasteiger partial charge in [-0.3, -0.25) is 5.41 Å². The fraction of sp³-hybridized carbons (Fsp3) is 0.556. The van der Waals surface area contributed by atoms with Crippen LogP contribution in [0, 0.1) is 5.41 Å². The summed E-state index contributed by atoms with van der Waals surface area (Å²) >= 11 is 0. The van der Waals surface area contributed by atoms with Gasteiger partial charge in [-0.15, -0.1) is 0 Å². The van der Waals surface area contributed by atoms with Gasteiger partial charge in [0.25, 0.3) is 0 Å². The number of hydrogen-bond acceptors (Lipinski definition) is 1. The Balaban J connectivity index is 4.34. The molecular formula is C9H17NSi. The van der Waals surface area contributed by atoms with E-state index >= 15 is 0 Å². The minimum atomic E-state index is -1.26. The van der Waals surface area contributed by atoms with Crippen LogP contribution in [-0.2, 0) is 0 Å². The highest BCUT2D eigenvalue weighted by Crippen LogP contribution is 2.15. The molecule has 0 heterocycles. The third-order valence-corrected chi connectivity index (χ3v) is 3.75. The van der Waals surface area contributed by atoms with Crippen LogP contribution in [-0.4, -0.2) is 13.9 Å². The zero-order chi connectivity index (χ0) is 8.91. The van der Waals surface area contributed by atoms with Gasteiger partial charge in [-0.1, -0.05) is 31.8 Å². The van der Waals surface area contributed by atoms with Crippen molar-refractivity contribution >= 4 is 13.9 Å². The lowest BCUT2D eigenvalue weighted by Gasteiger charge is -2.16. The van der Waals surface area contributed by atoms with Gasteiger partial charge in [0.1, 0.15) is 0 Å². The lowest BCUT2D eigenvalue weighted by atomic mass is 10.4. The highest BCUT2D eigenvalue weighted by atomic mass is 28.3. The molecule has 0 aromatic rings. The zero-order valence-corrected chi connectivity index (χ0v) is 8.86. The topological polar surface area (TPSA) is 23.9 Å². The molecule has 1 nitrogen and oxygen atoms in total. The van der Waals surface area contributed by atoms with Crippen LogP contribution in [0.4, 0.5) is 0 Å². The maximum absolute atomic E-state index is 7.11. The molecule has 0 rings (SSSR count). The van der Waals surface area contributed by atoms with E-state index < -0.39 is 8.07 Å². The van der Waals surface area contributed by atoms with Crippen molar-refractivity contribution in [2.45, 2.75) is 33.0 Å². The Bertz CT molecular complexity index is 192. The van der Waals surface area contributed by atoms with Crippen molar-refractivity contribution in [3.8, 4) is 0 Å².